The highest BCUT2D eigenvalue weighted by Gasteiger charge is 2.21. The van der Waals surface area contributed by atoms with E-state index in [2.05, 4.69) is 32.2 Å². The minimum absolute atomic E-state index is 0.104. The zero-order valence-electron chi connectivity index (χ0n) is 9.29. The standard InChI is InChI=1S/C12H13BrFN3/c13-11-5-9(1-2-12(11)14)8-17-4-3-16-7-10(17)6-15/h1-2,5,10,16H,3-4,7-8H2. The van der Waals surface area contributed by atoms with Crippen molar-refractivity contribution in [3.05, 3.63) is 34.1 Å². The number of benzene rings is 1. The molecule has 5 heteroatoms. The molecule has 2 rings (SSSR count). The molecule has 1 heterocycles. The van der Waals surface area contributed by atoms with Gasteiger partial charge < -0.3 is 5.32 Å². The van der Waals surface area contributed by atoms with Gasteiger partial charge in [0.2, 0.25) is 0 Å². The van der Waals surface area contributed by atoms with Crippen LogP contribution < -0.4 is 5.32 Å². The topological polar surface area (TPSA) is 39.1 Å². The van der Waals surface area contributed by atoms with E-state index < -0.39 is 0 Å². The Balaban J connectivity index is 2.09. The summed E-state index contributed by atoms with van der Waals surface area (Å²) < 4.78 is 13.6. The van der Waals surface area contributed by atoms with E-state index in [1.807, 2.05) is 0 Å². The smallest absolute Gasteiger partial charge is 0.137 e. The Morgan fingerprint density at radius 3 is 3.12 bits per heavy atom. The van der Waals surface area contributed by atoms with Crippen LogP contribution in [0, 0.1) is 17.1 Å². The summed E-state index contributed by atoms with van der Waals surface area (Å²) >= 11 is 3.17. The van der Waals surface area contributed by atoms with Gasteiger partial charge in [-0.15, -0.1) is 0 Å². The van der Waals surface area contributed by atoms with Gasteiger partial charge in [-0.2, -0.15) is 5.26 Å². The molecule has 0 aliphatic carbocycles. The third-order valence-electron chi connectivity index (χ3n) is 2.87. The lowest BCUT2D eigenvalue weighted by Gasteiger charge is -2.31. The number of halogens is 2. The second kappa shape index (κ2) is 5.58. The average Bonchev–Trinajstić information content (AvgIpc) is 2.34. The van der Waals surface area contributed by atoms with Crippen molar-refractivity contribution in [3.63, 3.8) is 0 Å². The monoisotopic (exact) mass is 297 g/mol. The lowest BCUT2D eigenvalue weighted by atomic mass is 10.1. The normalized spacial score (nSPS) is 21.1. The first-order valence-electron chi connectivity index (χ1n) is 5.49. The molecule has 90 valence electrons. The highest BCUT2D eigenvalue weighted by molar-refractivity contribution is 9.10. The van der Waals surface area contributed by atoms with Crippen molar-refractivity contribution < 1.29 is 4.39 Å². The Labute approximate surface area is 108 Å². The maximum atomic E-state index is 13.1. The molecule has 3 nitrogen and oxygen atoms in total. The predicted octanol–water partition coefficient (Wildman–Crippen LogP) is 1.89. The molecule has 0 bridgehead atoms. The highest BCUT2D eigenvalue weighted by atomic mass is 79.9. The van der Waals surface area contributed by atoms with Crippen LogP contribution in [-0.2, 0) is 6.54 Å². The first-order chi connectivity index (χ1) is 8.20. The van der Waals surface area contributed by atoms with Gasteiger partial charge in [0.25, 0.3) is 0 Å². The molecule has 1 aliphatic heterocycles. The van der Waals surface area contributed by atoms with E-state index in [1.54, 1.807) is 12.1 Å². The van der Waals surface area contributed by atoms with Crippen LogP contribution in [0.15, 0.2) is 22.7 Å². The molecule has 0 saturated carbocycles. The summed E-state index contributed by atoms with van der Waals surface area (Å²) in [5.41, 5.74) is 1.01. The van der Waals surface area contributed by atoms with E-state index in [9.17, 15) is 4.39 Å². The van der Waals surface area contributed by atoms with Gasteiger partial charge in [0, 0.05) is 26.2 Å². The Morgan fingerprint density at radius 2 is 2.41 bits per heavy atom. The number of nitrogens with one attached hydrogen (secondary N) is 1. The Kier molecular flexibility index (Phi) is 4.11. The molecule has 1 aromatic rings. The molecule has 1 aromatic carbocycles. The minimum Gasteiger partial charge on any atom is -0.313 e. The van der Waals surface area contributed by atoms with Crippen molar-refractivity contribution in [3.8, 4) is 6.07 Å². The molecule has 0 amide bonds. The van der Waals surface area contributed by atoms with E-state index in [4.69, 9.17) is 5.26 Å². The van der Waals surface area contributed by atoms with E-state index in [0.29, 0.717) is 17.6 Å². The fraction of sp³-hybridized carbons (Fsp3) is 0.417. The second-order valence-corrected chi connectivity index (χ2v) is 4.92. The van der Waals surface area contributed by atoms with Gasteiger partial charge in [-0.25, -0.2) is 4.39 Å². The summed E-state index contributed by atoms with van der Waals surface area (Å²) in [6, 6.07) is 7.15. The van der Waals surface area contributed by atoms with Crippen molar-refractivity contribution in [1.29, 1.82) is 5.26 Å². The van der Waals surface area contributed by atoms with Gasteiger partial charge in [-0.1, -0.05) is 6.07 Å². The van der Waals surface area contributed by atoms with Gasteiger partial charge in [-0.05, 0) is 33.6 Å². The number of hydrogen-bond donors (Lipinski definition) is 1. The second-order valence-electron chi connectivity index (χ2n) is 4.07. The Bertz CT molecular complexity index is 444. The van der Waals surface area contributed by atoms with Crippen LogP contribution >= 0.6 is 15.9 Å². The van der Waals surface area contributed by atoms with Gasteiger partial charge in [-0.3, -0.25) is 4.90 Å². The summed E-state index contributed by atoms with van der Waals surface area (Å²) in [5.74, 6) is -0.258. The zero-order valence-corrected chi connectivity index (χ0v) is 10.9. The Hall–Kier alpha value is -0.960. The van der Waals surface area contributed by atoms with Crippen LogP contribution in [-0.4, -0.2) is 30.6 Å². The van der Waals surface area contributed by atoms with Crippen molar-refractivity contribution in [2.24, 2.45) is 0 Å². The lowest BCUT2D eigenvalue weighted by molar-refractivity contribution is 0.189. The molecule has 17 heavy (non-hydrogen) atoms. The van der Waals surface area contributed by atoms with Crippen molar-refractivity contribution >= 4 is 15.9 Å². The van der Waals surface area contributed by atoms with E-state index >= 15 is 0 Å². The minimum atomic E-state index is -0.258. The average molecular weight is 298 g/mol. The fourth-order valence-electron chi connectivity index (χ4n) is 1.94. The fourth-order valence-corrected chi connectivity index (χ4v) is 2.36. The summed E-state index contributed by atoms with van der Waals surface area (Å²) in [6.07, 6.45) is 0. The molecule has 1 fully saturated rings. The molecule has 0 aromatic heterocycles. The summed E-state index contributed by atoms with van der Waals surface area (Å²) in [6.45, 7) is 3.10. The SMILES string of the molecule is N#CC1CNCCN1Cc1ccc(F)c(Br)c1. The van der Waals surface area contributed by atoms with Crippen molar-refractivity contribution in [2.45, 2.75) is 12.6 Å². The molecular formula is C12H13BrFN3. The third kappa shape index (κ3) is 3.03. The molecule has 0 spiro atoms. The van der Waals surface area contributed by atoms with Gasteiger partial charge in [0.05, 0.1) is 10.5 Å². The number of nitriles is 1. The van der Waals surface area contributed by atoms with E-state index in [1.165, 1.54) is 6.07 Å². The van der Waals surface area contributed by atoms with Crippen molar-refractivity contribution in [1.82, 2.24) is 10.2 Å². The van der Waals surface area contributed by atoms with E-state index in [-0.39, 0.29) is 11.9 Å². The summed E-state index contributed by atoms with van der Waals surface area (Å²) in [5, 5.41) is 12.2. The summed E-state index contributed by atoms with van der Waals surface area (Å²) in [4.78, 5) is 2.11. The Morgan fingerprint density at radius 1 is 1.59 bits per heavy atom. The van der Waals surface area contributed by atoms with Crippen LogP contribution in [0.3, 0.4) is 0 Å². The van der Waals surface area contributed by atoms with Crippen LogP contribution in [0.5, 0.6) is 0 Å². The van der Waals surface area contributed by atoms with Gasteiger partial charge in [0.15, 0.2) is 0 Å². The van der Waals surface area contributed by atoms with E-state index in [0.717, 1.165) is 18.7 Å². The zero-order chi connectivity index (χ0) is 12.3. The van der Waals surface area contributed by atoms with Gasteiger partial charge in [0.1, 0.15) is 11.9 Å². The predicted molar refractivity (Wildman–Crippen MR) is 66.8 cm³/mol. The highest BCUT2D eigenvalue weighted by Crippen LogP contribution is 2.18. The molecule has 1 saturated heterocycles. The number of hydrogen-bond acceptors (Lipinski definition) is 3. The van der Waals surface area contributed by atoms with Crippen LogP contribution in [0.1, 0.15) is 5.56 Å². The maximum absolute atomic E-state index is 13.1. The molecule has 1 N–H and O–H groups in total. The number of piperazine rings is 1. The quantitative estimate of drug-likeness (QED) is 0.906. The first kappa shape index (κ1) is 12.5. The lowest BCUT2D eigenvalue weighted by Crippen LogP contribution is -2.49. The van der Waals surface area contributed by atoms with Crippen LogP contribution in [0.4, 0.5) is 4.39 Å². The molecule has 1 aliphatic rings. The third-order valence-corrected chi connectivity index (χ3v) is 3.48. The molecular weight excluding hydrogens is 285 g/mol. The van der Waals surface area contributed by atoms with Crippen LogP contribution in [0.2, 0.25) is 0 Å². The van der Waals surface area contributed by atoms with Crippen LogP contribution in [0.25, 0.3) is 0 Å². The van der Waals surface area contributed by atoms with Gasteiger partial charge >= 0.3 is 0 Å². The molecule has 0 radical (unpaired) electrons. The maximum Gasteiger partial charge on any atom is 0.137 e. The van der Waals surface area contributed by atoms with Crippen molar-refractivity contribution in [2.75, 3.05) is 19.6 Å². The first-order valence-corrected chi connectivity index (χ1v) is 6.28. The number of nitrogens with zero attached hydrogens (tertiary/aromatic N) is 2. The molecule has 1 atom stereocenters. The largest absolute Gasteiger partial charge is 0.313 e. The molecule has 1 unspecified atom stereocenters. The summed E-state index contributed by atoms with van der Waals surface area (Å²) in [7, 11) is 0. The number of rotatable bonds is 2.